The standard InChI is InChI=1S/C10H21IN2/c1-2-13-8-5-10(6-9-13)4-3-7-12-11/h10,12H,2-9H2,1H3. The lowest BCUT2D eigenvalue weighted by Crippen LogP contribution is -2.33. The molecule has 0 amide bonds. The third-order valence-corrected chi connectivity index (χ3v) is 3.58. The predicted octanol–water partition coefficient (Wildman–Crippen LogP) is 2.44. The third-order valence-electron chi connectivity index (χ3n) is 3.04. The van der Waals surface area contributed by atoms with Gasteiger partial charge in [-0.15, -0.1) is 0 Å². The molecule has 0 unspecified atom stereocenters. The molecule has 0 spiro atoms. The molecule has 0 aromatic rings. The van der Waals surface area contributed by atoms with E-state index in [1.54, 1.807) is 0 Å². The van der Waals surface area contributed by atoms with Crippen LogP contribution in [0.1, 0.15) is 32.6 Å². The van der Waals surface area contributed by atoms with Gasteiger partial charge in [-0.1, -0.05) is 6.92 Å². The van der Waals surface area contributed by atoms with E-state index in [0.29, 0.717) is 0 Å². The lowest BCUT2D eigenvalue weighted by Gasteiger charge is -2.30. The summed E-state index contributed by atoms with van der Waals surface area (Å²) in [6, 6.07) is 0. The zero-order valence-corrected chi connectivity index (χ0v) is 10.7. The third kappa shape index (κ3) is 4.61. The van der Waals surface area contributed by atoms with E-state index in [1.165, 1.54) is 51.9 Å². The van der Waals surface area contributed by atoms with E-state index in [1.807, 2.05) is 0 Å². The van der Waals surface area contributed by atoms with Crippen molar-refractivity contribution in [2.45, 2.75) is 32.6 Å². The Morgan fingerprint density at radius 1 is 1.38 bits per heavy atom. The average molecular weight is 296 g/mol. The molecule has 1 fully saturated rings. The summed E-state index contributed by atoms with van der Waals surface area (Å²) in [7, 11) is 0. The Kier molecular flexibility index (Phi) is 6.32. The normalized spacial score (nSPS) is 20.8. The van der Waals surface area contributed by atoms with Gasteiger partial charge in [-0.05, 0) is 51.2 Å². The van der Waals surface area contributed by atoms with Gasteiger partial charge < -0.3 is 4.90 Å². The van der Waals surface area contributed by atoms with Crippen molar-refractivity contribution in [3.63, 3.8) is 0 Å². The second kappa shape index (κ2) is 7.01. The molecular weight excluding hydrogens is 275 g/mol. The van der Waals surface area contributed by atoms with Crippen LogP contribution in [0.3, 0.4) is 0 Å². The van der Waals surface area contributed by atoms with Crippen LogP contribution in [0.25, 0.3) is 0 Å². The van der Waals surface area contributed by atoms with Crippen molar-refractivity contribution in [2.75, 3.05) is 26.2 Å². The number of piperidine rings is 1. The van der Waals surface area contributed by atoms with E-state index in [-0.39, 0.29) is 0 Å². The van der Waals surface area contributed by atoms with Crippen LogP contribution in [0.5, 0.6) is 0 Å². The van der Waals surface area contributed by atoms with Crippen molar-refractivity contribution < 1.29 is 0 Å². The molecule has 1 heterocycles. The molecule has 0 radical (unpaired) electrons. The smallest absolute Gasteiger partial charge is 0.0169 e. The van der Waals surface area contributed by atoms with Gasteiger partial charge in [-0.3, -0.25) is 3.53 Å². The summed E-state index contributed by atoms with van der Waals surface area (Å²) in [5, 5.41) is 0. The number of likely N-dealkylation sites (tertiary alicyclic amines) is 1. The van der Waals surface area contributed by atoms with Gasteiger partial charge in [-0.2, -0.15) is 0 Å². The van der Waals surface area contributed by atoms with E-state index >= 15 is 0 Å². The van der Waals surface area contributed by atoms with Gasteiger partial charge in [0.1, 0.15) is 0 Å². The van der Waals surface area contributed by atoms with Gasteiger partial charge in [0.25, 0.3) is 0 Å². The Balaban J connectivity index is 2.03. The predicted molar refractivity (Wildman–Crippen MR) is 66.1 cm³/mol. The van der Waals surface area contributed by atoms with Gasteiger partial charge in [0.05, 0.1) is 0 Å². The molecule has 1 rings (SSSR count). The molecule has 1 aliphatic heterocycles. The molecule has 2 nitrogen and oxygen atoms in total. The Morgan fingerprint density at radius 2 is 2.08 bits per heavy atom. The van der Waals surface area contributed by atoms with Gasteiger partial charge in [0.15, 0.2) is 0 Å². The van der Waals surface area contributed by atoms with Gasteiger partial charge in [0.2, 0.25) is 0 Å². The summed E-state index contributed by atoms with van der Waals surface area (Å²) in [6.45, 7) is 7.34. The molecule has 0 atom stereocenters. The first-order valence-electron chi connectivity index (χ1n) is 5.42. The highest BCUT2D eigenvalue weighted by Crippen LogP contribution is 2.21. The number of nitrogens with zero attached hydrogens (tertiary/aromatic N) is 1. The molecule has 0 aromatic heterocycles. The maximum absolute atomic E-state index is 3.19. The van der Waals surface area contributed by atoms with E-state index in [4.69, 9.17) is 0 Å². The van der Waals surface area contributed by atoms with Crippen molar-refractivity contribution in [2.24, 2.45) is 5.92 Å². The molecule has 13 heavy (non-hydrogen) atoms. The number of rotatable bonds is 5. The Morgan fingerprint density at radius 3 is 2.62 bits per heavy atom. The zero-order valence-electron chi connectivity index (χ0n) is 8.56. The van der Waals surface area contributed by atoms with Crippen LogP contribution in [-0.2, 0) is 0 Å². The fourth-order valence-electron chi connectivity index (χ4n) is 2.05. The lowest BCUT2D eigenvalue weighted by atomic mass is 9.92. The number of nitrogens with one attached hydrogen (secondary N) is 1. The molecule has 0 aliphatic carbocycles. The van der Waals surface area contributed by atoms with Crippen molar-refractivity contribution in [3.8, 4) is 0 Å². The molecule has 0 bridgehead atoms. The summed E-state index contributed by atoms with van der Waals surface area (Å²) in [5.74, 6) is 1.01. The van der Waals surface area contributed by atoms with Crippen LogP contribution in [0.15, 0.2) is 0 Å². The van der Waals surface area contributed by atoms with Crippen LogP contribution in [0.2, 0.25) is 0 Å². The topological polar surface area (TPSA) is 15.3 Å². The molecule has 0 saturated carbocycles. The highest BCUT2D eigenvalue weighted by Gasteiger charge is 2.16. The van der Waals surface area contributed by atoms with Crippen LogP contribution >= 0.6 is 22.9 Å². The van der Waals surface area contributed by atoms with Crippen molar-refractivity contribution in [1.82, 2.24) is 8.43 Å². The monoisotopic (exact) mass is 296 g/mol. The van der Waals surface area contributed by atoms with Crippen LogP contribution < -0.4 is 3.53 Å². The van der Waals surface area contributed by atoms with Crippen LogP contribution in [-0.4, -0.2) is 31.1 Å². The summed E-state index contributed by atoms with van der Waals surface area (Å²) in [4.78, 5) is 2.56. The first-order chi connectivity index (χ1) is 6.36. The molecule has 78 valence electrons. The largest absolute Gasteiger partial charge is 0.304 e. The van der Waals surface area contributed by atoms with Gasteiger partial charge >= 0.3 is 0 Å². The minimum Gasteiger partial charge on any atom is -0.304 e. The molecule has 1 saturated heterocycles. The maximum Gasteiger partial charge on any atom is 0.0169 e. The first kappa shape index (κ1) is 11.7. The lowest BCUT2D eigenvalue weighted by molar-refractivity contribution is 0.185. The maximum atomic E-state index is 3.19. The van der Waals surface area contributed by atoms with E-state index in [2.05, 4.69) is 38.2 Å². The highest BCUT2D eigenvalue weighted by molar-refractivity contribution is 14.1. The summed E-state index contributed by atoms with van der Waals surface area (Å²) < 4.78 is 3.19. The van der Waals surface area contributed by atoms with Crippen molar-refractivity contribution in [3.05, 3.63) is 0 Å². The number of hydrogen-bond donors (Lipinski definition) is 1. The number of halogens is 1. The minimum atomic E-state index is 1.01. The molecular formula is C10H21IN2. The van der Waals surface area contributed by atoms with Crippen LogP contribution in [0, 0.1) is 5.92 Å². The van der Waals surface area contributed by atoms with Gasteiger partial charge in [-0.25, -0.2) is 0 Å². The average Bonchev–Trinajstić information content (AvgIpc) is 2.19. The first-order valence-corrected chi connectivity index (χ1v) is 6.50. The molecule has 3 heteroatoms. The summed E-state index contributed by atoms with van der Waals surface area (Å²) in [6.07, 6.45) is 5.62. The molecule has 1 N–H and O–H groups in total. The summed E-state index contributed by atoms with van der Waals surface area (Å²) >= 11 is 2.23. The number of hydrogen-bond acceptors (Lipinski definition) is 2. The molecule has 1 aliphatic rings. The van der Waals surface area contributed by atoms with E-state index < -0.39 is 0 Å². The quantitative estimate of drug-likeness (QED) is 0.476. The molecule has 0 aromatic carbocycles. The van der Waals surface area contributed by atoms with Gasteiger partial charge in [0, 0.05) is 29.4 Å². The fourth-order valence-corrected chi connectivity index (χ4v) is 2.43. The summed E-state index contributed by atoms with van der Waals surface area (Å²) in [5.41, 5.74) is 0. The van der Waals surface area contributed by atoms with E-state index in [0.717, 1.165) is 5.92 Å². The van der Waals surface area contributed by atoms with Crippen molar-refractivity contribution >= 4 is 22.9 Å². The Hall–Kier alpha value is 0.650. The second-order valence-electron chi connectivity index (χ2n) is 3.90. The minimum absolute atomic E-state index is 1.01. The second-order valence-corrected chi connectivity index (χ2v) is 4.67. The highest BCUT2D eigenvalue weighted by atomic mass is 127. The van der Waals surface area contributed by atoms with Crippen LogP contribution in [0.4, 0.5) is 0 Å². The van der Waals surface area contributed by atoms with Crippen molar-refractivity contribution in [1.29, 1.82) is 0 Å². The SMILES string of the molecule is CCN1CCC(CCCNI)CC1. The van der Waals surface area contributed by atoms with E-state index in [9.17, 15) is 0 Å². The zero-order chi connectivity index (χ0) is 9.52. The fraction of sp³-hybridized carbons (Fsp3) is 1.00. The Labute approximate surface area is 95.9 Å². The Bertz CT molecular complexity index is 119.